The van der Waals surface area contributed by atoms with Crippen LogP contribution in [0, 0.1) is 5.82 Å². The van der Waals surface area contributed by atoms with Crippen LogP contribution in [0.25, 0.3) is 0 Å². The number of pyridine rings is 1. The van der Waals surface area contributed by atoms with Gasteiger partial charge in [-0.1, -0.05) is 13.3 Å². The monoisotopic (exact) mass is 226 g/mol. The molecule has 1 aromatic rings. The average molecular weight is 226 g/mol. The summed E-state index contributed by atoms with van der Waals surface area (Å²) in [5, 5.41) is 2.91. The van der Waals surface area contributed by atoms with Crippen molar-refractivity contribution in [3.63, 3.8) is 0 Å². The number of nitrogens with zero attached hydrogens (tertiary/aromatic N) is 1. The lowest BCUT2D eigenvalue weighted by molar-refractivity contribution is 0.191. The van der Waals surface area contributed by atoms with Crippen LogP contribution in [-0.4, -0.2) is 18.1 Å². The van der Waals surface area contributed by atoms with Crippen LogP contribution in [0.3, 0.4) is 0 Å². The zero-order valence-corrected chi connectivity index (χ0v) is 10.1. The predicted octanol–water partition coefficient (Wildman–Crippen LogP) is 2.51. The highest BCUT2D eigenvalue weighted by Gasteiger charge is 2.12. The van der Waals surface area contributed by atoms with Gasteiger partial charge in [-0.25, -0.2) is 9.37 Å². The standard InChI is InChI=1S/C12H19FN2O/c1-4-5-9(2)16-12-11(13)10(8-14-3)6-7-15-12/h6-7,9,14H,4-5,8H2,1-3H3. The van der Waals surface area contributed by atoms with Crippen molar-refractivity contribution in [2.24, 2.45) is 0 Å². The summed E-state index contributed by atoms with van der Waals surface area (Å²) in [6, 6.07) is 1.66. The van der Waals surface area contributed by atoms with E-state index < -0.39 is 0 Å². The molecule has 0 aliphatic carbocycles. The molecule has 0 aliphatic rings. The van der Waals surface area contributed by atoms with Crippen molar-refractivity contribution in [3.05, 3.63) is 23.6 Å². The molecule has 0 aromatic carbocycles. The molecule has 1 unspecified atom stereocenters. The Morgan fingerprint density at radius 2 is 2.31 bits per heavy atom. The summed E-state index contributed by atoms with van der Waals surface area (Å²) < 4.78 is 19.3. The molecule has 0 aliphatic heterocycles. The summed E-state index contributed by atoms with van der Waals surface area (Å²) in [6.45, 7) is 4.48. The van der Waals surface area contributed by atoms with E-state index in [4.69, 9.17) is 4.74 Å². The minimum Gasteiger partial charge on any atom is -0.473 e. The lowest BCUT2D eigenvalue weighted by Crippen LogP contribution is -2.15. The summed E-state index contributed by atoms with van der Waals surface area (Å²) in [5.74, 6) is -0.256. The quantitative estimate of drug-likeness (QED) is 0.809. The highest BCUT2D eigenvalue weighted by molar-refractivity contribution is 5.23. The van der Waals surface area contributed by atoms with Crippen LogP contribution in [0.4, 0.5) is 4.39 Å². The van der Waals surface area contributed by atoms with E-state index in [0.29, 0.717) is 12.1 Å². The van der Waals surface area contributed by atoms with Gasteiger partial charge >= 0.3 is 0 Å². The first-order valence-electron chi connectivity index (χ1n) is 5.63. The lowest BCUT2D eigenvalue weighted by atomic mass is 10.2. The average Bonchev–Trinajstić information content (AvgIpc) is 2.24. The number of hydrogen-bond acceptors (Lipinski definition) is 3. The van der Waals surface area contributed by atoms with Gasteiger partial charge in [0, 0.05) is 18.3 Å². The fraction of sp³-hybridized carbons (Fsp3) is 0.583. The maximum atomic E-state index is 13.8. The second-order valence-corrected chi connectivity index (χ2v) is 3.84. The van der Waals surface area contributed by atoms with Crippen molar-refractivity contribution in [2.45, 2.75) is 39.3 Å². The Morgan fingerprint density at radius 3 is 2.94 bits per heavy atom. The van der Waals surface area contributed by atoms with Crippen LogP contribution in [0.5, 0.6) is 5.88 Å². The normalized spacial score (nSPS) is 12.5. The van der Waals surface area contributed by atoms with Gasteiger partial charge in [0.15, 0.2) is 5.82 Å². The zero-order chi connectivity index (χ0) is 12.0. The smallest absolute Gasteiger partial charge is 0.250 e. The van der Waals surface area contributed by atoms with Crippen LogP contribution in [0.15, 0.2) is 12.3 Å². The Kier molecular flexibility index (Phi) is 5.19. The van der Waals surface area contributed by atoms with E-state index in [1.807, 2.05) is 6.92 Å². The van der Waals surface area contributed by atoms with E-state index in [0.717, 1.165) is 12.8 Å². The minimum absolute atomic E-state index is 0.00293. The minimum atomic E-state index is -0.361. The molecule has 16 heavy (non-hydrogen) atoms. The molecule has 1 aromatic heterocycles. The Bertz CT molecular complexity index is 331. The predicted molar refractivity (Wildman–Crippen MR) is 62.0 cm³/mol. The molecule has 1 N–H and O–H groups in total. The summed E-state index contributed by atoms with van der Waals surface area (Å²) in [7, 11) is 1.78. The molecule has 0 fully saturated rings. The molecule has 0 bridgehead atoms. The maximum Gasteiger partial charge on any atom is 0.250 e. The number of halogens is 1. The largest absolute Gasteiger partial charge is 0.473 e. The summed E-state index contributed by atoms with van der Waals surface area (Å²) in [4.78, 5) is 3.92. The highest BCUT2D eigenvalue weighted by Crippen LogP contribution is 2.19. The summed E-state index contributed by atoms with van der Waals surface area (Å²) in [6.07, 6.45) is 3.48. The van der Waals surface area contributed by atoms with Gasteiger partial charge in [0.05, 0.1) is 6.10 Å². The van der Waals surface area contributed by atoms with Crippen molar-refractivity contribution in [1.29, 1.82) is 0 Å². The second-order valence-electron chi connectivity index (χ2n) is 3.84. The Morgan fingerprint density at radius 1 is 1.56 bits per heavy atom. The van der Waals surface area contributed by atoms with Gasteiger partial charge in [0.1, 0.15) is 0 Å². The van der Waals surface area contributed by atoms with Gasteiger partial charge in [-0.05, 0) is 26.5 Å². The fourth-order valence-corrected chi connectivity index (χ4v) is 1.53. The van der Waals surface area contributed by atoms with Gasteiger partial charge in [0.2, 0.25) is 0 Å². The Balaban J connectivity index is 2.76. The van der Waals surface area contributed by atoms with Crippen molar-refractivity contribution < 1.29 is 9.13 Å². The molecule has 0 saturated heterocycles. The summed E-state index contributed by atoms with van der Waals surface area (Å²) in [5.41, 5.74) is 0.580. The van der Waals surface area contributed by atoms with Gasteiger partial charge in [0.25, 0.3) is 5.88 Å². The number of nitrogens with one attached hydrogen (secondary N) is 1. The SMILES string of the molecule is CCCC(C)Oc1nccc(CNC)c1F. The number of hydrogen-bond donors (Lipinski definition) is 1. The van der Waals surface area contributed by atoms with Crippen molar-refractivity contribution >= 4 is 0 Å². The Hall–Kier alpha value is -1.16. The van der Waals surface area contributed by atoms with E-state index >= 15 is 0 Å². The summed E-state index contributed by atoms with van der Waals surface area (Å²) >= 11 is 0. The first-order valence-corrected chi connectivity index (χ1v) is 5.63. The van der Waals surface area contributed by atoms with Crippen LogP contribution < -0.4 is 10.1 Å². The third-order valence-electron chi connectivity index (χ3n) is 2.31. The van der Waals surface area contributed by atoms with Gasteiger partial charge < -0.3 is 10.1 Å². The van der Waals surface area contributed by atoms with Crippen LogP contribution in [-0.2, 0) is 6.54 Å². The molecule has 0 amide bonds. The number of ether oxygens (including phenoxy) is 1. The Labute approximate surface area is 96.0 Å². The van der Waals surface area contributed by atoms with Gasteiger partial charge in [-0.3, -0.25) is 0 Å². The molecule has 4 heteroatoms. The molecule has 1 heterocycles. The van der Waals surface area contributed by atoms with E-state index in [1.54, 1.807) is 19.3 Å². The molecular formula is C12H19FN2O. The molecule has 1 rings (SSSR count). The highest BCUT2D eigenvalue weighted by atomic mass is 19.1. The molecule has 3 nitrogen and oxygen atoms in total. The van der Waals surface area contributed by atoms with Gasteiger partial charge in [-0.15, -0.1) is 0 Å². The molecule has 0 spiro atoms. The first-order chi connectivity index (χ1) is 7.69. The zero-order valence-electron chi connectivity index (χ0n) is 10.1. The van der Waals surface area contributed by atoms with Crippen LogP contribution in [0.2, 0.25) is 0 Å². The third-order valence-corrected chi connectivity index (χ3v) is 2.31. The van der Waals surface area contributed by atoms with Crippen molar-refractivity contribution in [2.75, 3.05) is 7.05 Å². The molecule has 0 radical (unpaired) electrons. The lowest BCUT2D eigenvalue weighted by Gasteiger charge is -2.14. The second kappa shape index (κ2) is 6.43. The van der Waals surface area contributed by atoms with Crippen molar-refractivity contribution in [3.8, 4) is 5.88 Å². The van der Waals surface area contributed by atoms with E-state index in [-0.39, 0.29) is 17.8 Å². The maximum absolute atomic E-state index is 13.8. The molecular weight excluding hydrogens is 207 g/mol. The van der Waals surface area contributed by atoms with Gasteiger partial charge in [-0.2, -0.15) is 0 Å². The topological polar surface area (TPSA) is 34.1 Å². The number of rotatable bonds is 6. The number of aromatic nitrogens is 1. The molecule has 1 atom stereocenters. The van der Waals surface area contributed by atoms with E-state index in [1.165, 1.54) is 0 Å². The van der Waals surface area contributed by atoms with Crippen molar-refractivity contribution in [1.82, 2.24) is 10.3 Å². The van der Waals surface area contributed by atoms with Crippen LogP contribution in [0.1, 0.15) is 32.3 Å². The molecule has 90 valence electrons. The van der Waals surface area contributed by atoms with E-state index in [9.17, 15) is 4.39 Å². The fourth-order valence-electron chi connectivity index (χ4n) is 1.53. The molecule has 0 saturated carbocycles. The van der Waals surface area contributed by atoms with E-state index in [2.05, 4.69) is 17.2 Å². The van der Waals surface area contributed by atoms with Crippen LogP contribution >= 0.6 is 0 Å². The first kappa shape index (κ1) is 12.9. The third kappa shape index (κ3) is 3.45.